The van der Waals surface area contributed by atoms with Crippen molar-refractivity contribution >= 4 is 56.1 Å². The Morgan fingerprint density at radius 3 is 2.22 bits per heavy atom. The molecule has 1 heterocycles. The number of thioether (sulfide) groups is 1. The number of benzene rings is 4. The second-order valence-corrected chi connectivity index (χ2v) is 10.7. The zero-order chi connectivity index (χ0) is 24.5. The summed E-state index contributed by atoms with van der Waals surface area (Å²) in [4.78, 5) is 21.9. The van der Waals surface area contributed by atoms with E-state index < -0.39 is 0 Å². The molecule has 1 amide bonds. The number of fused-ring (bicyclic) bond motifs is 2. The highest BCUT2D eigenvalue weighted by molar-refractivity contribution is 8.18. The summed E-state index contributed by atoms with van der Waals surface area (Å²) in [6, 6.07) is 27.7. The van der Waals surface area contributed by atoms with Gasteiger partial charge in [-0.05, 0) is 81.9 Å². The van der Waals surface area contributed by atoms with E-state index in [1.54, 1.807) is 0 Å². The van der Waals surface area contributed by atoms with Crippen molar-refractivity contribution in [2.75, 3.05) is 0 Å². The van der Waals surface area contributed by atoms with Crippen molar-refractivity contribution < 1.29 is 4.79 Å². The van der Waals surface area contributed by atoms with Gasteiger partial charge in [0, 0.05) is 6.04 Å². The molecule has 4 heteroatoms. The van der Waals surface area contributed by atoms with Gasteiger partial charge in [-0.25, -0.2) is 4.99 Å². The third kappa shape index (κ3) is 4.24. The first-order chi connectivity index (χ1) is 17.7. The second-order valence-electron chi connectivity index (χ2n) is 9.69. The van der Waals surface area contributed by atoms with E-state index in [0.717, 1.165) is 40.6 Å². The molecule has 1 saturated carbocycles. The molecule has 0 spiro atoms. The predicted octanol–water partition coefficient (Wildman–Crippen LogP) is 8.49. The normalized spacial score (nSPS) is 19.2. The molecular formula is C32H30N2OS. The molecule has 4 aromatic rings. The number of hydrogen-bond acceptors (Lipinski definition) is 3. The Labute approximate surface area is 216 Å². The molecule has 2 aliphatic rings. The highest BCUT2D eigenvalue weighted by Crippen LogP contribution is 2.40. The minimum Gasteiger partial charge on any atom is -0.283 e. The fourth-order valence-electron chi connectivity index (χ4n) is 5.58. The minimum atomic E-state index is 0.0941. The number of rotatable bonds is 4. The van der Waals surface area contributed by atoms with Gasteiger partial charge in [-0.2, -0.15) is 0 Å². The molecule has 180 valence electrons. The van der Waals surface area contributed by atoms with Crippen molar-refractivity contribution in [1.29, 1.82) is 0 Å². The van der Waals surface area contributed by atoms with Crippen LogP contribution < -0.4 is 0 Å². The second kappa shape index (κ2) is 9.94. The molecule has 1 aliphatic carbocycles. The maximum Gasteiger partial charge on any atom is 0.267 e. The Hall–Kier alpha value is -3.37. The number of amidine groups is 1. The molecule has 3 nitrogen and oxygen atoms in total. The number of carbonyl (C=O) groups is 1. The van der Waals surface area contributed by atoms with Crippen molar-refractivity contribution in [2.24, 2.45) is 4.99 Å². The van der Waals surface area contributed by atoms with Crippen molar-refractivity contribution in [3.8, 4) is 0 Å². The summed E-state index contributed by atoms with van der Waals surface area (Å²) in [6.07, 6.45) is 8.72. The van der Waals surface area contributed by atoms with Crippen LogP contribution in [-0.4, -0.2) is 22.0 Å². The molecular weight excluding hydrogens is 460 g/mol. The largest absolute Gasteiger partial charge is 0.283 e. The van der Waals surface area contributed by atoms with E-state index in [1.807, 2.05) is 11.0 Å². The average Bonchev–Trinajstić information content (AvgIpc) is 3.23. The molecule has 2 fully saturated rings. The van der Waals surface area contributed by atoms with E-state index >= 15 is 0 Å². The topological polar surface area (TPSA) is 32.7 Å². The lowest BCUT2D eigenvalue weighted by molar-refractivity contribution is -0.124. The van der Waals surface area contributed by atoms with E-state index in [0.29, 0.717) is 0 Å². The Kier molecular flexibility index (Phi) is 6.37. The molecule has 0 N–H and O–H groups in total. The first-order valence-corrected chi connectivity index (χ1v) is 13.8. The zero-order valence-electron chi connectivity index (χ0n) is 20.6. The van der Waals surface area contributed by atoms with E-state index in [9.17, 15) is 4.79 Å². The van der Waals surface area contributed by atoms with Gasteiger partial charge in [0.15, 0.2) is 5.17 Å². The van der Waals surface area contributed by atoms with E-state index in [4.69, 9.17) is 4.99 Å². The van der Waals surface area contributed by atoms with Gasteiger partial charge >= 0.3 is 0 Å². The van der Waals surface area contributed by atoms with E-state index in [-0.39, 0.29) is 11.9 Å². The van der Waals surface area contributed by atoms with Gasteiger partial charge in [0.1, 0.15) is 0 Å². The SMILES string of the molecule is CCc1ccccc1N=C1S/C(=C/c2c3ccccc3cc3ccccc23)C(=O)N1C1CCCCC1. The quantitative estimate of drug-likeness (QED) is 0.212. The Morgan fingerprint density at radius 1 is 0.889 bits per heavy atom. The fourth-order valence-corrected chi connectivity index (χ4v) is 6.62. The number of aliphatic imine (C=N–C) groups is 1. The summed E-state index contributed by atoms with van der Waals surface area (Å²) in [7, 11) is 0. The summed E-state index contributed by atoms with van der Waals surface area (Å²) >= 11 is 1.53. The lowest BCUT2D eigenvalue weighted by atomic mass is 9.94. The van der Waals surface area contributed by atoms with Gasteiger partial charge in [-0.1, -0.05) is 92.9 Å². The number of nitrogens with zero attached hydrogens (tertiary/aromatic N) is 2. The first kappa shape index (κ1) is 23.1. The van der Waals surface area contributed by atoms with Crippen LogP contribution in [0.25, 0.3) is 27.6 Å². The van der Waals surface area contributed by atoms with Gasteiger partial charge < -0.3 is 0 Å². The smallest absolute Gasteiger partial charge is 0.267 e. The van der Waals surface area contributed by atoms with Crippen LogP contribution >= 0.6 is 11.8 Å². The third-order valence-corrected chi connectivity index (χ3v) is 8.44. The molecule has 36 heavy (non-hydrogen) atoms. The molecule has 0 aromatic heterocycles. The number of hydrogen-bond donors (Lipinski definition) is 0. The van der Waals surface area contributed by atoms with Crippen molar-refractivity contribution in [3.05, 3.63) is 94.9 Å². The standard InChI is InChI=1S/C32H30N2OS/c1-2-22-12-8-11-19-29(22)33-32-34(25-15-4-3-5-16-25)31(35)30(36-32)21-28-26-17-9-6-13-23(26)20-24-14-7-10-18-27(24)28/h6-14,17-21,25H,2-5,15-16H2,1H3/b30-21+,33-32?. The number of aryl methyl sites for hydroxylation is 1. The maximum atomic E-state index is 14.0. The zero-order valence-corrected chi connectivity index (χ0v) is 21.4. The summed E-state index contributed by atoms with van der Waals surface area (Å²) in [5, 5.41) is 5.54. The van der Waals surface area contributed by atoms with E-state index in [1.165, 1.54) is 58.1 Å². The van der Waals surface area contributed by atoms with Gasteiger partial charge in [0.25, 0.3) is 5.91 Å². The molecule has 0 radical (unpaired) electrons. The van der Waals surface area contributed by atoms with E-state index in [2.05, 4.69) is 85.8 Å². The Bertz CT molecular complexity index is 1460. The van der Waals surface area contributed by atoms with Crippen molar-refractivity contribution in [2.45, 2.75) is 51.5 Å². The summed E-state index contributed by atoms with van der Waals surface area (Å²) in [5.41, 5.74) is 3.28. The summed E-state index contributed by atoms with van der Waals surface area (Å²) in [6.45, 7) is 2.15. The Morgan fingerprint density at radius 2 is 1.53 bits per heavy atom. The average molecular weight is 491 g/mol. The van der Waals surface area contributed by atoms with Crippen LogP contribution in [0.1, 0.15) is 50.2 Å². The number of amides is 1. The number of para-hydroxylation sites is 1. The van der Waals surface area contributed by atoms with Gasteiger partial charge in [0.05, 0.1) is 10.6 Å². The predicted molar refractivity (Wildman–Crippen MR) is 154 cm³/mol. The maximum absolute atomic E-state index is 14.0. The van der Waals surface area contributed by atoms with Gasteiger partial charge in [-0.15, -0.1) is 0 Å². The highest BCUT2D eigenvalue weighted by Gasteiger charge is 2.39. The lowest BCUT2D eigenvalue weighted by Gasteiger charge is -2.30. The minimum absolute atomic E-state index is 0.0941. The van der Waals surface area contributed by atoms with Crippen LogP contribution in [0.3, 0.4) is 0 Å². The van der Waals surface area contributed by atoms with Crippen LogP contribution in [-0.2, 0) is 11.2 Å². The van der Waals surface area contributed by atoms with Crippen LogP contribution in [0, 0.1) is 0 Å². The Balaban J connectivity index is 1.50. The fraction of sp³-hybridized carbons (Fsp3) is 0.250. The lowest BCUT2D eigenvalue weighted by Crippen LogP contribution is -2.40. The molecule has 6 rings (SSSR count). The number of carbonyl (C=O) groups excluding carboxylic acids is 1. The van der Waals surface area contributed by atoms with Crippen LogP contribution in [0.2, 0.25) is 0 Å². The van der Waals surface area contributed by atoms with Crippen LogP contribution in [0.15, 0.2) is 88.8 Å². The van der Waals surface area contributed by atoms with Crippen LogP contribution in [0.4, 0.5) is 5.69 Å². The van der Waals surface area contributed by atoms with Crippen molar-refractivity contribution in [1.82, 2.24) is 4.90 Å². The monoisotopic (exact) mass is 490 g/mol. The molecule has 0 atom stereocenters. The van der Waals surface area contributed by atoms with Crippen LogP contribution in [0.5, 0.6) is 0 Å². The first-order valence-electron chi connectivity index (χ1n) is 13.0. The summed E-state index contributed by atoms with van der Waals surface area (Å²) in [5.74, 6) is 0.0941. The highest BCUT2D eigenvalue weighted by atomic mass is 32.2. The van der Waals surface area contributed by atoms with Crippen molar-refractivity contribution in [3.63, 3.8) is 0 Å². The molecule has 1 aliphatic heterocycles. The van der Waals surface area contributed by atoms with Gasteiger partial charge in [-0.3, -0.25) is 9.69 Å². The molecule has 4 aromatic carbocycles. The summed E-state index contributed by atoms with van der Waals surface area (Å²) < 4.78 is 0. The van der Waals surface area contributed by atoms with Gasteiger partial charge in [0.2, 0.25) is 0 Å². The third-order valence-electron chi connectivity index (χ3n) is 7.45. The molecule has 0 bridgehead atoms. The molecule has 1 saturated heterocycles. The molecule has 0 unspecified atom stereocenters.